The second-order valence-corrected chi connectivity index (χ2v) is 3.06. The van der Waals surface area contributed by atoms with Gasteiger partial charge >= 0.3 is 5.69 Å². The first-order chi connectivity index (χ1) is 7.25. The Labute approximate surface area is 85.0 Å². The maximum Gasteiger partial charge on any atom is 0.328 e. The van der Waals surface area contributed by atoms with Gasteiger partial charge in [-0.05, 0) is 12.1 Å². The van der Waals surface area contributed by atoms with Gasteiger partial charge in [0.25, 0.3) is 5.56 Å². The van der Waals surface area contributed by atoms with Gasteiger partial charge in [-0.25, -0.2) is 4.79 Å². The summed E-state index contributed by atoms with van der Waals surface area (Å²) in [7, 11) is 0. The minimum Gasteiger partial charge on any atom is -0.295 e. The van der Waals surface area contributed by atoms with E-state index < -0.39 is 11.2 Å². The van der Waals surface area contributed by atoms with Crippen LogP contribution in [0.4, 0.5) is 0 Å². The van der Waals surface area contributed by atoms with Gasteiger partial charge in [0.2, 0.25) is 0 Å². The highest BCUT2D eigenvalue weighted by atomic mass is 16.2. The van der Waals surface area contributed by atoms with E-state index in [1.807, 2.05) is 12.1 Å². The number of hydrogen-bond acceptors (Lipinski definition) is 3. The van der Waals surface area contributed by atoms with Crippen LogP contribution in [0.1, 0.15) is 5.69 Å². The normalized spacial score (nSPS) is 10.1. The van der Waals surface area contributed by atoms with Crippen LogP contribution in [0.25, 0.3) is 0 Å². The summed E-state index contributed by atoms with van der Waals surface area (Å²) in [5.41, 5.74) is -0.0444. The molecular weight excluding hydrogens is 194 g/mol. The van der Waals surface area contributed by atoms with Crippen molar-refractivity contribution < 1.29 is 0 Å². The number of aromatic amines is 1. The summed E-state index contributed by atoms with van der Waals surface area (Å²) in [6.07, 6.45) is 3.11. The van der Waals surface area contributed by atoms with Gasteiger partial charge in [-0.3, -0.25) is 19.3 Å². The molecule has 2 aromatic rings. The van der Waals surface area contributed by atoms with E-state index >= 15 is 0 Å². The Balaban J connectivity index is 2.33. The highest BCUT2D eigenvalue weighted by molar-refractivity contribution is 5.04. The fraction of sp³-hybridized carbons (Fsp3) is 0.100. The topological polar surface area (TPSA) is 67.8 Å². The summed E-state index contributed by atoms with van der Waals surface area (Å²) in [4.78, 5) is 28.4. The van der Waals surface area contributed by atoms with Gasteiger partial charge in [0.1, 0.15) is 0 Å². The van der Waals surface area contributed by atoms with Crippen molar-refractivity contribution in [2.75, 3.05) is 0 Å². The zero-order valence-electron chi connectivity index (χ0n) is 7.88. The summed E-state index contributed by atoms with van der Waals surface area (Å²) in [6.45, 7) is 0.358. The van der Waals surface area contributed by atoms with E-state index in [0.717, 1.165) is 5.69 Å². The van der Waals surface area contributed by atoms with Crippen LogP contribution in [0, 0.1) is 0 Å². The SMILES string of the molecule is O=c1ccn(Cc2ccccn2)c(=O)[nH]1. The Hall–Kier alpha value is -2.17. The quantitative estimate of drug-likeness (QED) is 0.745. The van der Waals surface area contributed by atoms with Crippen molar-refractivity contribution in [3.63, 3.8) is 0 Å². The lowest BCUT2D eigenvalue weighted by Gasteiger charge is -2.02. The Kier molecular flexibility index (Phi) is 2.45. The van der Waals surface area contributed by atoms with Gasteiger partial charge in [0, 0.05) is 18.5 Å². The second-order valence-electron chi connectivity index (χ2n) is 3.06. The molecule has 0 bridgehead atoms. The number of rotatable bonds is 2. The third kappa shape index (κ3) is 2.19. The van der Waals surface area contributed by atoms with Gasteiger partial charge in [-0.2, -0.15) is 0 Å². The van der Waals surface area contributed by atoms with Crippen LogP contribution >= 0.6 is 0 Å². The predicted molar refractivity (Wildman–Crippen MR) is 54.7 cm³/mol. The van der Waals surface area contributed by atoms with Crippen LogP contribution in [0.15, 0.2) is 46.2 Å². The Morgan fingerprint density at radius 1 is 1.27 bits per heavy atom. The molecule has 0 spiro atoms. The first-order valence-electron chi connectivity index (χ1n) is 4.45. The molecule has 5 heteroatoms. The number of nitrogens with zero attached hydrogens (tertiary/aromatic N) is 2. The second kappa shape index (κ2) is 3.91. The van der Waals surface area contributed by atoms with Gasteiger partial charge in [-0.1, -0.05) is 6.07 Å². The molecule has 1 N–H and O–H groups in total. The van der Waals surface area contributed by atoms with E-state index in [1.54, 1.807) is 12.3 Å². The lowest BCUT2D eigenvalue weighted by molar-refractivity contribution is 0.705. The van der Waals surface area contributed by atoms with Crippen molar-refractivity contribution in [1.29, 1.82) is 0 Å². The minimum atomic E-state index is -0.423. The molecule has 0 saturated carbocycles. The first kappa shape index (κ1) is 9.39. The average molecular weight is 203 g/mol. The van der Waals surface area contributed by atoms with Crippen molar-refractivity contribution in [3.05, 3.63) is 63.2 Å². The number of nitrogens with one attached hydrogen (secondary N) is 1. The van der Waals surface area contributed by atoms with E-state index in [9.17, 15) is 9.59 Å². The summed E-state index contributed by atoms with van der Waals surface area (Å²) in [5, 5.41) is 0. The molecule has 2 aromatic heterocycles. The molecule has 0 fully saturated rings. The molecule has 0 aliphatic rings. The zero-order valence-corrected chi connectivity index (χ0v) is 7.88. The molecule has 0 aliphatic heterocycles. The molecule has 0 aliphatic carbocycles. The van der Waals surface area contributed by atoms with Crippen molar-refractivity contribution in [2.45, 2.75) is 6.54 Å². The zero-order chi connectivity index (χ0) is 10.7. The summed E-state index contributed by atoms with van der Waals surface area (Å²) >= 11 is 0. The number of aromatic nitrogens is 3. The largest absolute Gasteiger partial charge is 0.328 e. The Bertz CT molecular complexity index is 557. The summed E-state index contributed by atoms with van der Waals surface area (Å²) < 4.78 is 1.39. The van der Waals surface area contributed by atoms with Gasteiger partial charge in [-0.15, -0.1) is 0 Å². The average Bonchev–Trinajstić information content (AvgIpc) is 2.24. The van der Waals surface area contributed by atoms with Crippen LogP contribution in [0.3, 0.4) is 0 Å². The van der Waals surface area contributed by atoms with Crippen LogP contribution in [-0.2, 0) is 6.54 Å². The highest BCUT2D eigenvalue weighted by Gasteiger charge is 1.98. The molecule has 76 valence electrons. The van der Waals surface area contributed by atoms with E-state index in [1.165, 1.54) is 16.8 Å². The third-order valence-corrected chi connectivity index (χ3v) is 1.96. The number of pyridine rings is 1. The fourth-order valence-corrected chi connectivity index (χ4v) is 1.23. The lowest BCUT2D eigenvalue weighted by atomic mass is 10.3. The fourth-order valence-electron chi connectivity index (χ4n) is 1.23. The van der Waals surface area contributed by atoms with Gasteiger partial charge in [0.05, 0.1) is 12.2 Å². The van der Waals surface area contributed by atoms with E-state index in [2.05, 4.69) is 9.97 Å². The van der Waals surface area contributed by atoms with Gasteiger partial charge < -0.3 is 0 Å². The van der Waals surface area contributed by atoms with Crippen molar-refractivity contribution >= 4 is 0 Å². The monoisotopic (exact) mass is 203 g/mol. The molecule has 0 unspecified atom stereocenters. The molecular formula is C10H9N3O2. The van der Waals surface area contributed by atoms with Crippen LogP contribution < -0.4 is 11.2 Å². The minimum absolute atomic E-state index is 0.358. The summed E-state index contributed by atoms with van der Waals surface area (Å²) in [5.74, 6) is 0. The molecule has 0 amide bonds. The molecule has 2 rings (SSSR count). The molecule has 5 nitrogen and oxygen atoms in total. The molecule has 0 atom stereocenters. The maximum atomic E-state index is 11.3. The summed E-state index contributed by atoms with van der Waals surface area (Å²) in [6, 6.07) is 6.78. The van der Waals surface area contributed by atoms with E-state index in [0.29, 0.717) is 6.54 Å². The third-order valence-electron chi connectivity index (χ3n) is 1.96. The molecule has 15 heavy (non-hydrogen) atoms. The van der Waals surface area contributed by atoms with E-state index in [4.69, 9.17) is 0 Å². The van der Waals surface area contributed by atoms with Crippen LogP contribution in [0.5, 0.6) is 0 Å². The van der Waals surface area contributed by atoms with Crippen LogP contribution in [-0.4, -0.2) is 14.5 Å². The predicted octanol–water partition coefficient (Wildman–Crippen LogP) is -0.0201. The van der Waals surface area contributed by atoms with Crippen molar-refractivity contribution in [1.82, 2.24) is 14.5 Å². The van der Waals surface area contributed by atoms with Crippen LogP contribution in [0.2, 0.25) is 0 Å². The molecule has 2 heterocycles. The Morgan fingerprint density at radius 3 is 2.80 bits per heavy atom. The molecule has 0 radical (unpaired) electrons. The number of H-pyrrole nitrogens is 1. The standard InChI is InChI=1S/C10H9N3O2/c14-9-4-6-13(10(15)12-9)7-8-3-1-2-5-11-8/h1-6H,7H2,(H,12,14,15). The van der Waals surface area contributed by atoms with Gasteiger partial charge in [0.15, 0.2) is 0 Å². The molecule has 0 saturated heterocycles. The molecule has 0 aromatic carbocycles. The highest BCUT2D eigenvalue weighted by Crippen LogP contribution is 1.94. The Morgan fingerprint density at radius 2 is 2.13 bits per heavy atom. The van der Waals surface area contributed by atoms with E-state index in [-0.39, 0.29) is 0 Å². The number of hydrogen-bond donors (Lipinski definition) is 1. The maximum absolute atomic E-state index is 11.3. The van der Waals surface area contributed by atoms with Crippen molar-refractivity contribution in [2.24, 2.45) is 0 Å². The smallest absolute Gasteiger partial charge is 0.295 e. The van der Waals surface area contributed by atoms with Crippen molar-refractivity contribution in [3.8, 4) is 0 Å². The lowest BCUT2D eigenvalue weighted by Crippen LogP contribution is -2.29. The first-order valence-corrected chi connectivity index (χ1v) is 4.45.